The van der Waals surface area contributed by atoms with Crippen LogP contribution in [-0.2, 0) is 12.8 Å². The number of rotatable bonds is 3. The minimum atomic E-state index is 0.737. The predicted molar refractivity (Wildman–Crippen MR) is 81.6 cm³/mol. The summed E-state index contributed by atoms with van der Waals surface area (Å²) in [6.07, 6.45) is 10.1. The van der Waals surface area contributed by atoms with Crippen molar-refractivity contribution in [3.63, 3.8) is 0 Å². The van der Waals surface area contributed by atoms with Crippen molar-refractivity contribution in [3.05, 3.63) is 35.4 Å². The number of benzene rings is 1. The average molecular weight is 267 g/mol. The van der Waals surface area contributed by atoms with E-state index in [2.05, 4.69) is 29.6 Å². The van der Waals surface area contributed by atoms with Gasteiger partial charge in [0, 0.05) is 6.04 Å². The lowest BCUT2D eigenvalue weighted by Crippen LogP contribution is -2.26. The van der Waals surface area contributed by atoms with Gasteiger partial charge in [0.2, 0.25) is 0 Å². The van der Waals surface area contributed by atoms with Crippen LogP contribution in [0, 0.1) is 23.2 Å². The zero-order valence-corrected chi connectivity index (χ0v) is 12.3. The van der Waals surface area contributed by atoms with Crippen LogP contribution < -0.4 is 5.32 Å². The zero-order chi connectivity index (χ0) is 13.2. The van der Waals surface area contributed by atoms with Crippen molar-refractivity contribution in [2.75, 3.05) is 6.54 Å². The van der Waals surface area contributed by atoms with Crippen LogP contribution in [0.2, 0.25) is 0 Å². The van der Waals surface area contributed by atoms with Crippen LogP contribution in [0.1, 0.15) is 43.2 Å². The van der Waals surface area contributed by atoms with Gasteiger partial charge in [-0.3, -0.25) is 0 Å². The molecule has 106 valence electrons. The molecule has 2 bridgehead atoms. The molecule has 1 heteroatoms. The molecular weight excluding hydrogens is 242 g/mol. The summed E-state index contributed by atoms with van der Waals surface area (Å²) in [4.78, 5) is 0. The molecule has 0 saturated heterocycles. The van der Waals surface area contributed by atoms with E-state index in [1.165, 1.54) is 51.5 Å². The monoisotopic (exact) mass is 267 g/mol. The van der Waals surface area contributed by atoms with Gasteiger partial charge in [-0.15, -0.1) is 0 Å². The van der Waals surface area contributed by atoms with Crippen molar-refractivity contribution in [1.29, 1.82) is 0 Å². The largest absolute Gasteiger partial charge is 0.314 e. The highest BCUT2D eigenvalue weighted by Crippen LogP contribution is 2.70. The molecule has 3 fully saturated rings. The molecule has 3 unspecified atom stereocenters. The van der Waals surface area contributed by atoms with Crippen LogP contribution in [0.4, 0.5) is 0 Å². The molecule has 3 atom stereocenters. The lowest BCUT2D eigenvalue weighted by molar-refractivity contribution is 0.257. The van der Waals surface area contributed by atoms with Crippen molar-refractivity contribution >= 4 is 0 Å². The smallest absolute Gasteiger partial charge is 0.00683 e. The minimum absolute atomic E-state index is 0.737. The Balaban J connectivity index is 1.40. The summed E-state index contributed by atoms with van der Waals surface area (Å²) in [6, 6.07) is 10.1. The first-order valence-corrected chi connectivity index (χ1v) is 8.66. The molecule has 1 nitrogen and oxygen atoms in total. The van der Waals surface area contributed by atoms with Gasteiger partial charge >= 0.3 is 0 Å². The van der Waals surface area contributed by atoms with Crippen molar-refractivity contribution in [2.45, 2.75) is 51.0 Å². The third-order valence-corrected chi connectivity index (χ3v) is 6.86. The molecule has 4 aliphatic carbocycles. The molecule has 0 heterocycles. The van der Waals surface area contributed by atoms with Gasteiger partial charge in [0.25, 0.3) is 0 Å². The predicted octanol–water partition coefficient (Wildman–Crippen LogP) is 3.57. The molecule has 4 aliphatic rings. The van der Waals surface area contributed by atoms with E-state index in [0.717, 1.165) is 29.2 Å². The molecule has 1 N–H and O–H groups in total. The molecule has 1 aromatic carbocycles. The number of nitrogens with one attached hydrogen (secondary N) is 1. The highest BCUT2D eigenvalue weighted by Gasteiger charge is 2.65. The summed E-state index contributed by atoms with van der Waals surface area (Å²) in [5, 5.41) is 3.80. The minimum Gasteiger partial charge on any atom is -0.314 e. The summed E-state index contributed by atoms with van der Waals surface area (Å²) >= 11 is 0. The molecule has 0 radical (unpaired) electrons. The van der Waals surface area contributed by atoms with Crippen LogP contribution in [0.5, 0.6) is 0 Å². The van der Waals surface area contributed by atoms with Gasteiger partial charge in [-0.25, -0.2) is 0 Å². The van der Waals surface area contributed by atoms with E-state index in [1.807, 2.05) is 0 Å². The van der Waals surface area contributed by atoms with E-state index >= 15 is 0 Å². The lowest BCUT2D eigenvalue weighted by atomic mass is 9.82. The van der Waals surface area contributed by atoms with Crippen LogP contribution in [0.15, 0.2) is 24.3 Å². The van der Waals surface area contributed by atoms with Gasteiger partial charge in [-0.05, 0) is 85.8 Å². The Bertz CT molecular complexity index is 497. The third kappa shape index (κ3) is 1.65. The highest BCUT2D eigenvalue weighted by molar-refractivity contribution is 5.33. The second kappa shape index (κ2) is 4.10. The molecule has 3 saturated carbocycles. The Labute approximate surface area is 122 Å². The molecule has 1 aromatic rings. The second-order valence-corrected chi connectivity index (χ2v) is 7.84. The highest BCUT2D eigenvalue weighted by atomic mass is 15.0. The van der Waals surface area contributed by atoms with Gasteiger partial charge in [0.1, 0.15) is 0 Å². The molecule has 0 amide bonds. The second-order valence-electron chi connectivity index (χ2n) is 7.84. The van der Waals surface area contributed by atoms with E-state index < -0.39 is 0 Å². The Morgan fingerprint density at radius 2 is 1.60 bits per heavy atom. The summed E-state index contributed by atoms with van der Waals surface area (Å²) in [7, 11) is 0. The first-order valence-electron chi connectivity index (χ1n) is 8.66. The number of hydrogen-bond donors (Lipinski definition) is 1. The quantitative estimate of drug-likeness (QED) is 0.883. The molecule has 1 spiro atoms. The van der Waals surface area contributed by atoms with Gasteiger partial charge in [0.05, 0.1) is 0 Å². The van der Waals surface area contributed by atoms with Crippen LogP contribution >= 0.6 is 0 Å². The van der Waals surface area contributed by atoms with Gasteiger partial charge in [0.15, 0.2) is 0 Å². The maximum absolute atomic E-state index is 3.80. The first-order chi connectivity index (χ1) is 9.86. The fourth-order valence-corrected chi connectivity index (χ4v) is 5.57. The molecule has 20 heavy (non-hydrogen) atoms. The number of fused-ring (bicyclic) bond motifs is 1. The average Bonchev–Trinajstić information content (AvgIpc) is 3.31. The Kier molecular flexibility index (Phi) is 2.42. The van der Waals surface area contributed by atoms with E-state index in [-0.39, 0.29) is 0 Å². The normalized spacial score (nSPS) is 41.5. The van der Waals surface area contributed by atoms with Crippen molar-refractivity contribution < 1.29 is 0 Å². The van der Waals surface area contributed by atoms with E-state index in [4.69, 9.17) is 0 Å². The lowest BCUT2D eigenvalue weighted by Gasteiger charge is -2.23. The fourth-order valence-electron chi connectivity index (χ4n) is 5.57. The summed E-state index contributed by atoms with van der Waals surface area (Å²) < 4.78 is 0. The summed E-state index contributed by atoms with van der Waals surface area (Å²) in [5.41, 5.74) is 4.07. The molecule has 0 aliphatic heterocycles. The number of hydrogen-bond acceptors (Lipinski definition) is 1. The molecular formula is C19H25N. The Hall–Kier alpha value is -0.820. The fraction of sp³-hybridized carbons (Fsp3) is 0.684. The van der Waals surface area contributed by atoms with E-state index in [9.17, 15) is 0 Å². The summed E-state index contributed by atoms with van der Waals surface area (Å²) in [5.74, 6) is 2.97. The Morgan fingerprint density at radius 3 is 2.20 bits per heavy atom. The van der Waals surface area contributed by atoms with Gasteiger partial charge < -0.3 is 5.32 Å². The third-order valence-electron chi connectivity index (χ3n) is 6.86. The van der Waals surface area contributed by atoms with E-state index in [0.29, 0.717) is 0 Å². The zero-order valence-electron chi connectivity index (χ0n) is 12.3. The maximum atomic E-state index is 3.80. The molecule has 0 aromatic heterocycles. The topological polar surface area (TPSA) is 12.0 Å². The van der Waals surface area contributed by atoms with Crippen molar-refractivity contribution in [3.8, 4) is 0 Å². The van der Waals surface area contributed by atoms with E-state index in [1.54, 1.807) is 11.1 Å². The SMILES string of the molecule is c1ccc2c(c1)CC1CCC(C2)C12CC2CNC1CC1. The van der Waals surface area contributed by atoms with Crippen molar-refractivity contribution in [1.82, 2.24) is 5.32 Å². The van der Waals surface area contributed by atoms with Crippen molar-refractivity contribution in [2.24, 2.45) is 23.2 Å². The molecule has 5 rings (SSSR count). The summed E-state index contributed by atoms with van der Waals surface area (Å²) in [6.45, 7) is 1.31. The first kappa shape index (κ1) is 11.8. The van der Waals surface area contributed by atoms with Gasteiger partial charge in [-0.2, -0.15) is 0 Å². The maximum Gasteiger partial charge on any atom is 0.00683 e. The van der Waals surface area contributed by atoms with Gasteiger partial charge in [-0.1, -0.05) is 24.3 Å². The standard InChI is InChI=1S/C19H25N/c1-2-4-14-10-16-6-5-15(9-13(14)3-1)19(16)11-17(19)12-20-18-7-8-18/h1-4,15-18,20H,5-12H2. The van der Waals surface area contributed by atoms with Crippen LogP contribution in [-0.4, -0.2) is 12.6 Å². The Morgan fingerprint density at radius 1 is 0.950 bits per heavy atom. The van der Waals surface area contributed by atoms with Crippen LogP contribution in [0.25, 0.3) is 0 Å². The van der Waals surface area contributed by atoms with Crippen LogP contribution in [0.3, 0.4) is 0 Å².